The third-order valence-electron chi connectivity index (χ3n) is 6.09. The smallest absolute Gasteiger partial charge is 0.314 e. The van der Waals surface area contributed by atoms with E-state index in [1.165, 1.54) is 11.1 Å². The van der Waals surface area contributed by atoms with Crippen LogP contribution in [0.15, 0.2) is 18.2 Å². The highest BCUT2D eigenvalue weighted by molar-refractivity contribution is 5.99. The summed E-state index contributed by atoms with van der Waals surface area (Å²) in [4.78, 5) is 27.7. The second kappa shape index (κ2) is 5.08. The van der Waals surface area contributed by atoms with Crippen molar-refractivity contribution < 1.29 is 14.3 Å². The molecule has 4 rings (SSSR count). The van der Waals surface area contributed by atoms with Gasteiger partial charge < -0.3 is 9.64 Å². The van der Waals surface area contributed by atoms with Crippen molar-refractivity contribution in [1.82, 2.24) is 4.90 Å². The zero-order valence-electron chi connectivity index (χ0n) is 13.8. The predicted molar refractivity (Wildman–Crippen MR) is 86.3 cm³/mol. The fraction of sp³-hybridized carbons (Fsp3) is 0.579. The first-order chi connectivity index (χ1) is 11.1. The molecule has 1 saturated carbocycles. The minimum Gasteiger partial charge on any atom is -0.466 e. The van der Waals surface area contributed by atoms with Crippen molar-refractivity contribution in [2.24, 2.45) is 5.41 Å². The summed E-state index contributed by atoms with van der Waals surface area (Å²) >= 11 is 0. The van der Waals surface area contributed by atoms with E-state index in [4.69, 9.17) is 4.74 Å². The van der Waals surface area contributed by atoms with Crippen LogP contribution in [-0.2, 0) is 9.53 Å². The highest BCUT2D eigenvalue weighted by Crippen LogP contribution is 2.56. The molecule has 4 nitrogen and oxygen atoms in total. The summed E-state index contributed by atoms with van der Waals surface area (Å²) in [5.41, 5.74) is 2.70. The number of fused-ring (bicyclic) bond motifs is 2. The summed E-state index contributed by atoms with van der Waals surface area (Å²) in [6.45, 7) is 5.01. The van der Waals surface area contributed by atoms with Crippen LogP contribution < -0.4 is 0 Å². The molecule has 0 spiro atoms. The summed E-state index contributed by atoms with van der Waals surface area (Å²) in [6.07, 6.45) is 3.66. The number of aryl methyl sites for hydroxylation is 1. The maximum Gasteiger partial charge on any atom is 0.314 e. The number of rotatable bonds is 2. The maximum atomic E-state index is 13.0. The van der Waals surface area contributed by atoms with Gasteiger partial charge >= 0.3 is 5.97 Å². The van der Waals surface area contributed by atoms with Gasteiger partial charge in [0.1, 0.15) is 0 Å². The van der Waals surface area contributed by atoms with Gasteiger partial charge in [-0.05, 0) is 50.3 Å². The molecule has 2 heterocycles. The van der Waals surface area contributed by atoms with Crippen molar-refractivity contribution in [1.29, 1.82) is 0 Å². The first-order valence-corrected chi connectivity index (χ1v) is 8.68. The van der Waals surface area contributed by atoms with E-state index < -0.39 is 5.41 Å². The molecule has 122 valence electrons. The minimum absolute atomic E-state index is 0.0172. The lowest BCUT2D eigenvalue weighted by Gasteiger charge is -2.48. The van der Waals surface area contributed by atoms with Crippen LogP contribution in [0.1, 0.15) is 60.0 Å². The summed E-state index contributed by atoms with van der Waals surface area (Å²) in [5, 5.41) is 0. The van der Waals surface area contributed by atoms with Gasteiger partial charge in [-0.15, -0.1) is 0 Å². The molecular formula is C19H23NO3. The standard InChI is InChI=1S/C19H23NO3/c1-3-23-18(22)19-9-5-8-13-15-12(2)6-4-7-14(15)17(21)20(11-10-19)16(13)19/h4,6-7,13,16H,3,5,8-11H2,1-2H3/t13-,16+,19-/m0/s1. The summed E-state index contributed by atoms with van der Waals surface area (Å²) in [7, 11) is 0. The van der Waals surface area contributed by atoms with Crippen LogP contribution >= 0.6 is 0 Å². The Morgan fingerprint density at radius 2 is 2.22 bits per heavy atom. The van der Waals surface area contributed by atoms with Crippen molar-refractivity contribution >= 4 is 11.9 Å². The number of carbonyl (C=O) groups excluding carboxylic acids is 2. The van der Waals surface area contributed by atoms with E-state index in [1.54, 1.807) is 0 Å². The monoisotopic (exact) mass is 313 g/mol. The van der Waals surface area contributed by atoms with Crippen molar-refractivity contribution in [3.05, 3.63) is 34.9 Å². The van der Waals surface area contributed by atoms with Crippen molar-refractivity contribution in [2.45, 2.75) is 51.5 Å². The average Bonchev–Trinajstić information content (AvgIpc) is 2.95. The van der Waals surface area contributed by atoms with Gasteiger partial charge in [0.15, 0.2) is 0 Å². The van der Waals surface area contributed by atoms with Gasteiger partial charge in [-0.1, -0.05) is 18.6 Å². The van der Waals surface area contributed by atoms with Crippen molar-refractivity contribution in [3.63, 3.8) is 0 Å². The third kappa shape index (κ3) is 1.84. The minimum atomic E-state index is -0.492. The molecule has 23 heavy (non-hydrogen) atoms. The maximum absolute atomic E-state index is 13.0. The highest BCUT2D eigenvalue weighted by atomic mass is 16.5. The topological polar surface area (TPSA) is 46.6 Å². The van der Waals surface area contributed by atoms with Crippen LogP contribution in [0, 0.1) is 12.3 Å². The normalized spacial score (nSPS) is 31.6. The number of ether oxygens (including phenoxy) is 1. The van der Waals surface area contributed by atoms with Gasteiger partial charge in [0.05, 0.1) is 18.1 Å². The quantitative estimate of drug-likeness (QED) is 0.788. The molecule has 1 aromatic carbocycles. The van der Waals surface area contributed by atoms with Gasteiger partial charge in [-0.2, -0.15) is 0 Å². The lowest BCUT2D eigenvalue weighted by atomic mass is 9.62. The van der Waals surface area contributed by atoms with E-state index in [1.807, 2.05) is 24.0 Å². The van der Waals surface area contributed by atoms with Crippen molar-refractivity contribution in [2.75, 3.05) is 13.2 Å². The SMILES string of the molecule is CCOC(=O)[C@@]12CCC[C@H]3c4c(C)cccc4C(=O)N(CC1)[C@H]32. The molecule has 1 aromatic rings. The predicted octanol–water partition coefficient (Wildman–Crippen LogP) is 3.04. The van der Waals surface area contributed by atoms with Crippen LogP contribution in [-0.4, -0.2) is 36.0 Å². The molecule has 3 atom stereocenters. The van der Waals surface area contributed by atoms with Crippen LogP contribution in [0.4, 0.5) is 0 Å². The number of hydrogen-bond donors (Lipinski definition) is 0. The van der Waals surface area contributed by atoms with Crippen molar-refractivity contribution in [3.8, 4) is 0 Å². The van der Waals surface area contributed by atoms with Gasteiger partial charge in [0.2, 0.25) is 0 Å². The summed E-state index contributed by atoms with van der Waals surface area (Å²) < 4.78 is 5.43. The molecular weight excluding hydrogens is 290 g/mol. The molecule has 1 aliphatic carbocycles. The number of benzene rings is 1. The van der Waals surface area contributed by atoms with Gasteiger partial charge in [0, 0.05) is 18.0 Å². The molecule has 0 radical (unpaired) electrons. The Bertz CT molecular complexity index is 683. The first kappa shape index (κ1) is 14.7. The van der Waals surface area contributed by atoms with Crippen LogP contribution in [0.3, 0.4) is 0 Å². The molecule has 0 N–H and O–H groups in total. The third-order valence-corrected chi connectivity index (χ3v) is 6.09. The van der Waals surface area contributed by atoms with E-state index >= 15 is 0 Å². The molecule has 2 fully saturated rings. The Labute approximate surface area is 136 Å². The molecule has 0 aromatic heterocycles. The molecule has 3 aliphatic rings. The lowest BCUT2D eigenvalue weighted by Crippen LogP contribution is -2.55. The second-order valence-electron chi connectivity index (χ2n) is 7.10. The Morgan fingerprint density at radius 3 is 3.00 bits per heavy atom. The first-order valence-electron chi connectivity index (χ1n) is 8.68. The largest absolute Gasteiger partial charge is 0.466 e. The van der Waals surface area contributed by atoms with Crippen LogP contribution in [0.25, 0.3) is 0 Å². The summed E-state index contributed by atoms with van der Waals surface area (Å²) in [5.74, 6) is 0.268. The second-order valence-corrected chi connectivity index (χ2v) is 7.10. The molecule has 0 bridgehead atoms. The van der Waals surface area contributed by atoms with E-state index in [2.05, 4.69) is 13.0 Å². The fourth-order valence-corrected chi connectivity index (χ4v) is 5.22. The fourth-order valence-electron chi connectivity index (χ4n) is 5.22. The Balaban J connectivity index is 1.86. The van der Waals surface area contributed by atoms with Gasteiger partial charge in [-0.3, -0.25) is 9.59 Å². The zero-order chi connectivity index (χ0) is 16.2. The molecule has 2 aliphatic heterocycles. The van der Waals surface area contributed by atoms with E-state index in [9.17, 15) is 9.59 Å². The zero-order valence-corrected chi connectivity index (χ0v) is 13.8. The Kier molecular flexibility index (Phi) is 3.26. The Hall–Kier alpha value is -1.84. The number of carbonyl (C=O) groups is 2. The van der Waals surface area contributed by atoms with E-state index in [-0.39, 0.29) is 23.8 Å². The highest BCUT2D eigenvalue weighted by Gasteiger charge is 2.61. The lowest BCUT2D eigenvalue weighted by molar-refractivity contribution is -0.159. The number of esters is 1. The molecule has 4 heteroatoms. The number of hydrogen-bond acceptors (Lipinski definition) is 3. The average molecular weight is 313 g/mol. The summed E-state index contributed by atoms with van der Waals surface area (Å²) in [6, 6.07) is 5.97. The number of amides is 1. The number of nitrogens with zero attached hydrogens (tertiary/aromatic N) is 1. The molecule has 0 unspecified atom stereocenters. The Morgan fingerprint density at radius 1 is 1.39 bits per heavy atom. The molecule has 1 amide bonds. The van der Waals surface area contributed by atoms with Crippen LogP contribution in [0.2, 0.25) is 0 Å². The van der Waals surface area contributed by atoms with Gasteiger partial charge in [0.25, 0.3) is 5.91 Å². The van der Waals surface area contributed by atoms with E-state index in [0.717, 1.165) is 31.2 Å². The van der Waals surface area contributed by atoms with Crippen LogP contribution in [0.5, 0.6) is 0 Å². The van der Waals surface area contributed by atoms with E-state index in [0.29, 0.717) is 13.2 Å². The van der Waals surface area contributed by atoms with Gasteiger partial charge in [-0.25, -0.2) is 0 Å². The molecule has 1 saturated heterocycles.